The van der Waals surface area contributed by atoms with Gasteiger partial charge in [0.2, 0.25) is 5.91 Å². The molecule has 1 fully saturated rings. The first kappa shape index (κ1) is 20.7. The Morgan fingerprint density at radius 3 is 2.66 bits per heavy atom. The highest BCUT2D eigenvalue weighted by atomic mass is 32.2. The van der Waals surface area contributed by atoms with Gasteiger partial charge in [-0.05, 0) is 35.9 Å². The molecule has 7 nitrogen and oxygen atoms in total. The van der Waals surface area contributed by atoms with Crippen molar-refractivity contribution in [2.75, 3.05) is 19.0 Å². The van der Waals surface area contributed by atoms with Crippen LogP contribution in [-0.4, -0.2) is 45.6 Å². The van der Waals surface area contributed by atoms with Crippen LogP contribution in [0.4, 0.5) is 5.82 Å². The number of nitrogens with zero attached hydrogens (tertiary/aromatic N) is 2. The van der Waals surface area contributed by atoms with E-state index in [4.69, 9.17) is 12.2 Å². The Morgan fingerprint density at radius 1 is 1.24 bits per heavy atom. The van der Waals surface area contributed by atoms with Crippen LogP contribution in [0.15, 0.2) is 53.6 Å². The molecule has 29 heavy (non-hydrogen) atoms. The van der Waals surface area contributed by atoms with Crippen LogP contribution in [0.2, 0.25) is 0 Å². The molecule has 1 aliphatic heterocycles. The van der Waals surface area contributed by atoms with Crippen LogP contribution in [0.1, 0.15) is 22.3 Å². The SMILES string of the molecule is COC(=O)c1ccc(C=C2SC(=S)N(CCC(=O)Nc3ccccn3)C2=O)cc1. The number of anilines is 1. The molecule has 3 rings (SSSR count). The van der Waals surface area contributed by atoms with Gasteiger partial charge in [0.25, 0.3) is 5.91 Å². The monoisotopic (exact) mass is 427 g/mol. The van der Waals surface area contributed by atoms with Gasteiger partial charge in [0, 0.05) is 19.2 Å². The van der Waals surface area contributed by atoms with E-state index < -0.39 is 5.97 Å². The molecule has 2 aromatic rings. The number of carbonyl (C=O) groups is 3. The molecule has 0 spiro atoms. The van der Waals surface area contributed by atoms with Crippen LogP contribution >= 0.6 is 24.0 Å². The lowest BCUT2D eigenvalue weighted by molar-refractivity contribution is -0.122. The smallest absolute Gasteiger partial charge is 0.337 e. The Morgan fingerprint density at radius 2 is 2.00 bits per heavy atom. The van der Waals surface area contributed by atoms with Crippen molar-refractivity contribution < 1.29 is 19.1 Å². The maximum absolute atomic E-state index is 12.6. The molecular formula is C20H17N3O4S2. The summed E-state index contributed by atoms with van der Waals surface area (Å²) in [4.78, 5) is 42.1. The van der Waals surface area contributed by atoms with Crippen molar-refractivity contribution in [1.29, 1.82) is 0 Å². The summed E-state index contributed by atoms with van der Waals surface area (Å²) in [6.45, 7) is 0.182. The summed E-state index contributed by atoms with van der Waals surface area (Å²) in [6.07, 6.45) is 3.39. The maximum atomic E-state index is 12.6. The summed E-state index contributed by atoms with van der Waals surface area (Å²) in [6, 6.07) is 11.9. The van der Waals surface area contributed by atoms with E-state index in [1.807, 2.05) is 0 Å². The normalized spacial score (nSPS) is 14.9. The Balaban J connectivity index is 1.61. The minimum Gasteiger partial charge on any atom is -0.465 e. The van der Waals surface area contributed by atoms with E-state index >= 15 is 0 Å². The first-order valence-corrected chi connectivity index (χ1v) is 9.85. The number of methoxy groups -OCH3 is 1. The molecule has 1 saturated heterocycles. The summed E-state index contributed by atoms with van der Waals surface area (Å²) in [5.41, 5.74) is 1.18. The molecular weight excluding hydrogens is 410 g/mol. The number of carbonyl (C=O) groups excluding carboxylic acids is 3. The highest BCUT2D eigenvalue weighted by Gasteiger charge is 2.32. The number of pyridine rings is 1. The van der Waals surface area contributed by atoms with Gasteiger partial charge in [-0.15, -0.1) is 0 Å². The third-order valence-corrected chi connectivity index (χ3v) is 5.38. The van der Waals surface area contributed by atoms with Crippen molar-refractivity contribution >= 4 is 58.0 Å². The highest BCUT2D eigenvalue weighted by molar-refractivity contribution is 8.26. The van der Waals surface area contributed by atoms with Crippen LogP contribution in [0, 0.1) is 0 Å². The lowest BCUT2D eigenvalue weighted by Crippen LogP contribution is -2.31. The van der Waals surface area contributed by atoms with E-state index in [2.05, 4.69) is 15.0 Å². The van der Waals surface area contributed by atoms with E-state index in [1.165, 1.54) is 23.8 Å². The van der Waals surface area contributed by atoms with Crippen molar-refractivity contribution in [1.82, 2.24) is 9.88 Å². The minimum absolute atomic E-state index is 0.101. The zero-order valence-electron chi connectivity index (χ0n) is 15.5. The summed E-state index contributed by atoms with van der Waals surface area (Å²) < 4.78 is 5.07. The summed E-state index contributed by atoms with van der Waals surface area (Å²) in [5.74, 6) is -0.465. The zero-order valence-corrected chi connectivity index (χ0v) is 17.1. The number of thioether (sulfide) groups is 1. The van der Waals surface area contributed by atoms with E-state index in [1.54, 1.807) is 54.7 Å². The Labute approximate surface area is 177 Å². The molecule has 148 valence electrons. The predicted octanol–water partition coefficient (Wildman–Crippen LogP) is 3.10. The van der Waals surface area contributed by atoms with Crippen molar-refractivity contribution in [2.24, 2.45) is 0 Å². The Hall–Kier alpha value is -3.04. The number of esters is 1. The number of ether oxygens (including phenoxy) is 1. The summed E-state index contributed by atoms with van der Waals surface area (Å²) in [5, 5.41) is 2.68. The fourth-order valence-electron chi connectivity index (χ4n) is 2.53. The second kappa shape index (κ2) is 9.44. The van der Waals surface area contributed by atoms with Crippen LogP contribution in [-0.2, 0) is 14.3 Å². The summed E-state index contributed by atoms with van der Waals surface area (Å²) in [7, 11) is 1.32. The molecule has 2 heterocycles. The number of nitrogens with one attached hydrogen (secondary N) is 1. The third-order valence-electron chi connectivity index (χ3n) is 4.00. The van der Waals surface area contributed by atoms with Gasteiger partial charge in [0.05, 0.1) is 17.6 Å². The number of rotatable bonds is 6. The quantitative estimate of drug-likeness (QED) is 0.430. The van der Waals surface area contributed by atoms with Crippen LogP contribution in [0.25, 0.3) is 6.08 Å². The molecule has 0 aliphatic carbocycles. The Bertz CT molecular complexity index is 975. The number of thiocarbonyl (C=S) groups is 1. The molecule has 9 heteroatoms. The van der Waals surface area contributed by atoms with Gasteiger partial charge < -0.3 is 10.1 Å². The molecule has 1 aromatic heterocycles. The van der Waals surface area contributed by atoms with Crippen molar-refractivity contribution in [2.45, 2.75) is 6.42 Å². The van der Waals surface area contributed by atoms with E-state index in [0.29, 0.717) is 20.6 Å². The lowest BCUT2D eigenvalue weighted by atomic mass is 10.1. The fourth-order valence-corrected chi connectivity index (χ4v) is 3.84. The topological polar surface area (TPSA) is 88.6 Å². The largest absolute Gasteiger partial charge is 0.465 e. The average Bonchev–Trinajstić information content (AvgIpc) is 2.99. The van der Waals surface area contributed by atoms with Crippen molar-refractivity contribution in [3.8, 4) is 0 Å². The standard InChI is InChI=1S/C20H17N3O4S2/c1-27-19(26)14-7-5-13(6-8-14)12-15-18(25)23(20(28)29-15)11-9-17(24)22-16-4-2-3-10-21-16/h2-8,10,12H,9,11H2,1H3,(H,21,22,24). The fraction of sp³-hybridized carbons (Fsp3) is 0.150. The van der Waals surface area contributed by atoms with Crippen LogP contribution in [0.3, 0.4) is 0 Å². The zero-order chi connectivity index (χ0) is 20.8. The van der Waals surface area contributed by atoms with Gasteiger partial charge in [-0.3, -0.25) is 14.5 Å². The minimum atomic E-state index is -0.424. The van der Waals surface area contributed by atoms with Gasteiger partial charge in [-0.25, -0.2) is 9.78 Å². The van der Waals surface area contributed by atoms with Crippen molar-refractivity contribution in [3.05, 3.63) is 64.7 Å². The van der Waals surface area contributed by atoms with Gasteiger partial charge in [0.1, 0.15) is 10.1 Å². The van der Waals surface area contributed by atoms with Crippen molar-refractivity contribution in [3.63, 3.8) is 0 Å². The van der Waals surface area contributed by atoms with Gasteiger partial charge in [-0.2, -0.15) is 0 Å². The van der Waals surface area contributed by atoms with Crippen LogP contribution < -0.4 is 5.32 Å². The van der Waals surface area contributed by atoms with Gasteiger partial charge in [0.15, 0.2) is 0 Å². The molecule has 0 atom stereocenters. The average molecular weight is 428 g/mol. The van der Waals surface area contributed by atoms with Crippen LogP contribution in [0.5, 0.6) is 0 Å². The first-order chi connectivity index (χ1) is 14.0. The number of amides is 2. The maximum Gasteiger partial charge on any atom is 0.337 e. The van der Waals surface area contributed by atoms with E-state index in [-0.39, 0.29) is 24.8 Å². The predicted molar refractivity (Wildman–Crippen MR) is 115 cm³/mol. The molecule has 0 bridgehead atoms. The molecule has 0 unspecified atom stereocenters. The van der Waals surface area contributed by atoms with Gasteiger partial charge in [-0.1, -0.05) is 42.2 Å². The second-order valence-corrected chi connectivity index (χ2v) is 7.64. The first-order valence-electron chi connectivity index (χ1n) is 8.62. The number of benzene rings is 1. The van der Waals surface area contributed by atoms with Gasteiger partial charge >= 0.3 is 5.97 Å². The number of hydrogen-bond acceptors (Lipinski definition) is 7. The molecule has 1 aliphatic rings. The molecule has 1 N–H and O–H groups in total. The number of aromatic nitrogens is 1. The highest BCUT2D eigenvalue weighted by Crippen LogP contribution is 2.32. The molecule has 0 saturated carbocycles. The second-order valence-electron chi connectivity index (χ2n) is 5.96. The summed E-state index contributed by atoms with van der Waals surface area (Å²) >= 11 is 6.47. The Kier molecular flexibility index (Phi) is 6.73. The molecule has 0 radical (unpaired) electrons. The number of hydrogen-bond donors (Lipinski definition) is 1. The molecule has 2 amide bonds. The third kappa shape index (κ3) is 5.27. The van der Waals surface area contributed by atoms with E-state index in [9.17, 15) is 14.4 Å². The lowest BCUT2D eigenvalue weighted by Gasteiger charge is -2.13. The molecule has 1 aromatic carbocycles. The van der Waals surface area contributed by atoms with E-state index in [0.717, 1.165) is 5.56 Å².